The minimum atomic E-state index is -3.01. The number of aromatic nitrogens is 3. The summed E-state index contributed by atoms with van der Waals surface area (Å²) in [6, 6.07) is 6.20. The van der Waals surface area contributed by atoms with Gasteiger partial charge in [-0.1, -0.05) is 18.2 Å². The number of alkyl halides is 1. The summed E-state index contributed by atoms with van der Waals surface area (Å²) in [6.45, 7) is 4.87. The highest BCUT2D eigenvalue weighted by Crippen LogP contribution is 2.37. The van der Waals surface area contributed by atoms with Crippen molar-refractivity contribution in [1.82, 2.24) is 15.0 Å². The van der Waals surface area contributed by atoms with Crippen LogP contribution >= 0.6 is 0 Å². The Bertz CT molecular complexity index is 1350. The number of hydrogen-bond donors (Lipinski definition) is 1. The predicted octanol–water partition coefficient (Wildman–Crippen LogP) is 5.03. The van der Waals surface area contributed by atoms with E-state index in [1.807, 2.05) is 25.1 Å². The molecule has 1 saturated heterocycles. The zero-order chi connectivity index (χ0) is 25.5. The third-order valence-corrected chi connectivity index (χ3v) is 8.25. The first kappa shape index (κ1) is 25.2. The number of nitrogens with zero attached hydrogens (tertiary/aromatic N) is 4. The second kappa shape index (κ2) is 9.64. The molecule has 0 bridgehead atoms. The lowest BCUT2D eigenvalue weighted by Crippen LogP contribution is -2.24. The Morgan fingerprint density at radius 1 is 1.09 bits per heavy atom. The molecule has 1 aliphatic rings. The first-order chi connectivity index (χ1) is 16.5. The molecule has 0 aliphatic carbocycles. The average molecular weight is 504 g/mol. The van der Waals surface area contributed by atoms with E-state index in [4.69, 9.17) is 4.98 Å². The summed E-state index contributed by atoms with van der Waals surface area (Å²) in [4.78, 5) is 15.8. The SMILES string of the molecule is Cc1nc(N[C@H](C)c2cccc(C(C)F)c2F)c2cc(C3CCS(=O)(=O)CC3)c(N(C)C)nc2n1. The van der Waals surface area contributed by atoms with Crippen LogP contribution in [-0.4, -0.2) is 49.0 Å². The van der Waals surface area contributed by atoms with Crippen molar-refractivity contribution in [1.29, 1.82) is 0 Å². The molecule has 3 heterocycles. The molecule has 0 amide bonds. The highest BCUT2D eigenvalue weighted by Gasteiger charge is 2.28. The molecule has 1 unspecified atom stereocenters. The molecule has 2 atom stereocenters. The van der Waals surface area contributed by atoms with E-state index in [9.17, 15) is 12.8 Å². The van der Waals surface area contributed by atoms with Crippen LogP contribution in [0.3, 0.4) is 0 Å². The van der Waals surface area contributed by atoms with Crippen molar-refractivity contribution in [3.05, 3.63) is 52.6 Å². The molecule has 1 aromatic carbocycles. The van der Waals surface area contributed by atoms with E-state index in [0.717, 1.165) is 11.4 Å². The van der Waals surface area contributed by atoms with E-state index >= 15 is 4.39 Å². The molecule has 1 fully saturated rings. The van der Waals surface area contributed by atoms with Crippen molar-refractivity contribution in [3.63, 3.8) is 0 Å². The van der Waals surface area contributed by atoms with Crippen LogP contribution in [0.2, 0.25) is 0 Å². The number of anilines is 2. The molecule has 0 radical (unpaired) electrons. The van der Waals surface area contributed by atoms with Gasteiger partial charge < -0.3 is 10.2 Å². The maximum atomic E-state index is 15.0. The molecule has 1 N–H and O–H groups in total. The van der Waals surface area contributed by atoms with Gasteiger partial charge in [0.2, 0.25) is 0 Å². The van der Waals surface area contributed by atoms with Gasteiger partial charge in [-0.3, -0.25) is 0 Å². The molecule has 10 heteroatoms. The van der Waals surface area contributed by atoms with Crippen molar-refractivity contribution >= 4 is 32.5 Å². The monoisotopic (exact) mass is 503 g/mol. The Morgan fingerprint density at radius 2 is 1.74 bits per heavy atom. The van der Waals surface area contributed by atoms with Crippen LogP contribution in [0.1, 0.15) is 67.3 Å². The van der Waals surface area contributed by atoms with Crippen LogP contribution in [0.5, 0.6) is 0 Å². The lowest BCUT2D eigenvalue weighted by molar-refractivity contribution is 0.360. The Labute approximate surface area is 204 Å². The van der Waals surface area contributed by atoms with E-state index < -0.39 is 27.9 Å². The van der Waals surface area contributed by atoms with Gasteiger partial charge in [-0.15, -0.1) is 0 Å². The number of fused-ring (bicyclic) bond motifs is 1. The summed E-state index contributed by atoms with van der Waals surface area (Å²) in [7, 11) is 0.787. The normalized spacial score (nSPS) is 17.8. The Hall–Kier alpha value is -2.88. The van der Waals surface area contributed by atoms with Crippen LogP contribution in [0.4, 0.5) is 20.4 Å². The molecule has 3 aromatic rings. The topological polar surface area (TPSA) is 88.1 Å². The van der Waals surface area contributed by atoms with E-state index in [0.29, 0.717) is 41.1 Å². The van der Waals surface area contributed by atoms with Gasteiger partial charge >= 0.3 is 0 Å². The van der Waals surface area contributed by atoms with Crippen LogP contribution in [0.15, 0.2) is 24.3 Å². The zero-order valence-electron chi connectivity index (χ0n) is 20.6. The van der Waals surface area contributed by atoms with Crippen molar-refractivity contribution in [3.8, 4) is 0 Å². The Kier molecular flexibility index (Phi) is 6.95. The maximum absolute atomic E-state index is 15.0. The highest BCUT2D eigenvalue weighted by molar-refractivity contribution is 7.91. The van der Waals surface area contributed by atoms with Gasteiger partial charge in [-0.05, 0) is 51.2 Å². The zero-order valence-corrected chi connectivity index (χ0v) is 21.5. The molecule has 188 valence electrons. The Balaban J connectivity index is 1.78. The van der Waals surface area contributed by atoms with Gasteiger partial charge in [-0.25, -0.2) is 32.2 Å². The van der Waals surface area contributed by atoms with Crippen LogP contribution in [0, 0.1) is 12.7 Å². The highest BCUT2D eigenvalue weighted by atomic mass is 32.2. The molecule has 1 aliphatic heterocycles. The van der Waals surface area contributed by atoms with Gasteiger partial charge in [0.1, 0.15) is 39.3 Å². The number of sulfone groups is 1. The number of hydrogen-bond acceptors (Lipinski definition) is 7. The fourth-order valence-corrected chi connectivity index (χ4v) is 6.12. The number of aryl methyl sites for hydroxylation is 1. The van der Waals surface area contributed by atoms with Gasteiger partial charge in [0.25, 0.3) is 0 Å². The molecule has 2 aromatic heterocycles. The van der Waals surface area contributed by atoms with Gasteiger partial charge in [0, 0.05) is 25.2 Å². The molecule has 35 heavy (non-hydrogen) atoms. The summed E-state index contributed by atoms with van der Waals surface area (Å²) in [5.74, 6) is 1.52. The summed E-state index contributed by atoms with van der Waals surface area (Å²) in [5, 5.41) is 3.95. The lowest BCUT2D eigenvalue weighted by Gasteiger charge is -2.27. The number of pyridine rings is 1. The van der Waals surface area contributed by atoms with Crippen molar-refractivity contribution in [2.24, 2.45) is 0 Å². The maximum Gasteiger partial charge on any atom is 0.167 e. The fraction of sp³-hybridized carbons (Fsp3) is 0.480. The summed E-state index contributed by atoms with van der Waals surface area (Å²) >= 11 is 0. The first-order valence-electron chi connectivity index (χ1n) is 11.7. The number of halogens is 2. The minimum Gasteiger partial charge on any atom is -0.363 e. The summed E-state index contributed by atoms with van der Waals surface area (Å²) in [6.07, 6.45) is -0.358. The van der Waals surface area contributed by atoms with Gasteiger partial charge in [0.15, 0.2) is 5.65 Å². The first-order valence-corrected chi connectivity index (χ1v) is 13.5. The minimum absolute atomic E-state index is 0.0201. The summed E-state index contributed by atoms with van der Waals surface area (Å²) in [5.41, 5.74) is 1.80. The predicted molar refractivity (Wildman–Crippen MR) is 135 cm³/mol. The number of rotatable bonds is 6. The summed E-state index contributed by atoms with van der Waals surface area (Å²) < 4.78 is 52.8. The van der Waals surface area contributed by atoms with Crippen molar-refractivity contribution in [2.75, 3.05) is 35.8 Å². The van der Waals surface area contributed by atoms with E-state index in [2.05, 4.69) is 15.3 Å². The smallest absolute Gasteiger partial charge is 0.167 e. The van der Waals surface area contributed by atoms with E-state index in [1.54, 1.807) is 26.0 Å². The second-order valence-electron chi connectivity index (χ2n) is 9.44. The number of nitrogens with one attached hydrogen (secondary N) is 1. The molecule has 0 spiro atoms. The molecule has 7 nitrogen and oxygen atoms in total. The van der Waals surface area contributed by atoms with E-state index in [1.165, 1.54) is 13.0 Å². The van der Waals surface area contributed by atoms with Crippen molar-refractivity contribution < 1.29 is 17.2 Å². The quantitative estimate of drug-likeness (QED) is 0.504. The lowest BCUT2D eigenvalue weighted by atomic mass is 9.93. The van der Waals surface area contributed by atoms with Crippen LogP contribution < -0.4 is 10.2 Å². The second-order valence-corrected chi connectivity index (χ2v) is 11.7. The molecular formula is C25H31F2N5O2S. The number of benzene rings is 1. The average Bonchev–Trinajstić information content (AvgIpc) is 2.78. The third-order valence-electron chi connectivity index (χ3n) is 6.53. The molecular weight excluding hydrogens is 472 g/mol. The Morgan fingerprint density at radius 3 is 2.37 bits per heavy atom. The molecule has 0 saturated carbocycles. The largest absolute Gasteiger partial charge is 0.363 e. The van der Waals surface area contributed by atoms with Crippen molar-refractivity contribution in [2.45, 2.75) is 51.7 Å². The van der Waals surface area contributed by atoms with Crippen LogP contribution in [0.25, 0.3) is 11.0 Å². The molecule has 4 rings (SSSR count). The third kappa shape index (κ3) is 5.22. The fourth-order valence-electron chi connectivity index (χ4n) is 4.63. The van der Waals surface area contributed by atoms with Gasteiger partial charge in [-0.2, -0.15) is 0 Å². The van der Waals surface area contributed by atoms with Crippen LogP contribution in [-0.2, 0) is 9.84 Å². The standard InChI is InChI=1S/C25H31F2N5O2S/c1-14(26)18-7-6-8-19(22(18)27)15(2)28-23-21-13-20(17-9-11-35(33,34)12-10-17)25(32(4)5)31-24(21)30-16(3)29-23/h6-8,13-15,17H,9-12H2,1-5H3,(H,28,29,30,31)/t14?,15-/m1/s1. The van der Waals surface area contributed by atoms with Gasteiger partial charge in [0.05, 0.1) is 22.9 Å². The van der Waals surface area contributed by atoms with E-state index in [-0.39, 0.29) is 23.0 Å².